The summed E-state index contributed by atoms with van der Waals surface area (Å²) < 4.78 is 0. The Labute approximate surface area is 77.3 Å². The summed E-state index contributed by atoms with van der Waals surface area (Å²) in [5, 5.41) is 9.87. The maximum atomic E-state index is 11.5. The van der Waals surface area contributed by atoms with E-state index in [9.17, 15) is 4.79 Å². The molecule has 0 bridgehead atoms. The molecule has 0 N–H and O–H groups in total. The minimum Gasteiger partial charge on any atom is -0.274 e. The molecule has 0 aromatic carbocycles. The molecule has 0 heterocycles. The molecule has 0 atom stereocenters. The highest BCUT2D eigenvalue weighted by molar-refractivity contribution is 5.94. The molecule has 0 saturated carbocycles. The van der Waals surface area contributed by atoms with Crippen LogP contribution in [0.5, 0.6) is 0 Å². The zero-order valence-electron chi connectivity index (χ0n) is 7.83. The summed E-state index contributed by atoms with van der Waals surface area (Å²) >= 11 is 0. The van der Waals surface area contributed by atoms with Crippen LogP contribution in [-0.2, 0) is 9.63 Å². The molecule has 13 heavy (non-hydrogen) atoms. The zero-order chi connectivity index (χ0) is 9.84. The van der Waals surface area contributed by atoms with Gasteiger partial charge in [-0.25, -0.2) is 5.06 Å². The molecule has 1 aliphatic carbocycles. The van der Waals surface area contributed by atoms with Crippen molar-refractivity contribution in [2.24, 2.45) is 0 Å². The van der Waals surface area contributed by atoms with E-state index in [1.807, 2.05) is 0 Å². The maximum Gasteiger partial charge on any atom is 0.274 e. The fraction of sp³-hybridized carbons (Fsp3) is 0.556. The first-order valence-electron chi connectivity index (χ1n) is 4.15. The summed E-state index contributed by atoms with van der Waals surface area (Å²) in [4.78, 5) is 16.3. The normalized spacial score (nSPS) is 15.8. The maximum absolute atomic E-state index is 11.5. The largest absolute Gasteiger partial charge is 0.274 e. The standard InChI is InChI=1S/C9H12N2O2/c1-11(13-2)9(12)8-5-3-4-7(8)6-10/h3-5H2,1-2H3. The number of rotatable bonds is 2. The van der Waals surface area contributed by atoms with Gasteiger partial charge in [0.05, 0.1) is 13.2 Å². The van der Waals surface area contributed by atoms with Gasteiger partial charge in [-0.05, 0) is 19.3 Å². The molecular weight excluding hydrogens is 168 g/mol. The topological polar surface area (TPSA) is 53.3 Å². The van der Waals surface area contributed by atoms with Gasteiger partial charge in [-0.3, -0.25) is 9.63 Å². The molecule has 0 unspecified atom stereocenters. The molecule has 0 spiro atoms. The predicted octanol–water partition coefficient (Wildman–Crippen LogP) is 1.01. The lowest BCUT2D eigenvalue weighted by molar-refractivity contribution is -0.164. The van der Waals surface area contributed by atoms with Gasteiger partial charge in [-0.15, -0.1) is 0 Å². The lowest BCUT2D eigenvalue weighted by Crippen LogP contribution is -2.26. The first kappa shape index (κ1) is 9.75. The highest BCUT2D eigenvalue weighted by Crippen LogP contribution is 2.26. The smallest absolute Gasteiger partial charge is 0.274 e. The van der Waals surface area contributed by atoms with E-state index in [1.54, 1.807) is 7.05 Å². The lowest BCUT2D eigenvalue weighted by Gasteiger charge is -2.14. The Balaban J connectivity index is 2.83. The number of amides is 1. The van der Waals surface area contributed by atoms with Gasteiger partial charge < -0.3 is 0 Å². The molecule has 4 heteroatoms. The van der Waals surface area contributed by atoms with Gasteiger partial charge in [0, 0.05) is 18.2 Å². The molecule has 0 aromatic rings. The van der Waals surface area contributed by atoms with Crippen LogP contribution in [0.25, 0.3) is 0 Å². The van der Waals surface area contributed by atoms with E-state index < -0.39 is 0 Å². The molecule has 0 aromatic heterocycles. The number of nitriles is 1. The number of carbonyl (C=O) groups is 1. The van der Waals surface area contributed by atoms with Crippen molar-refractivity contribution >= 4 is 5.91 Å². The van der Waals surface area contributed by atoms with E-state index in [-0.39, 0.29) is 5.91 Å². The Morgan fingerprint density at radius 3 is 2.85 bits per heavy atom. The van der Waals surface area contributed by atoms with Crippen LogP contribution < -0.4 is 0 Å². The van der Waals surface area contributed by atoms with Gasteiger partial charge in [0.15, 0.2) is 0 Å². The average molecular weight is 180 g/mol. The van der Waals surface area contributed by atoms with Crippen LogP contribution in [0.2, 0.25) is 0 Å². The van der Waals surface area contributed by atoms with Crippen LogP contribution >= 0.6 is 0 Å². The third kappa shape index (κ3) is 1.87. The Kier molecular flexibility index (Phi) is 3.04. The number of likely N-dealkylation sites (N-methyl/N-ethyl adjacent to an activating group) is 1. The monoisotopic (exact) mass is 180 g/mol. The Morgan fingerprint density at radius 1 is 1.62 bits per heavy atom. The quantitative estimate of drug-likeness (QED) is 0.596. The number of nitrogens with zero attached hydrogens (tertiary/aromatic N) is 2. The minimum atomic E-state index is -0.198. The van der Waals surface area contributed by atoms with E-state index in [4.69, 9.17) is 10.1 Å². The average Bonchev–Trinajstić information content (AvgIpc) is 2.62. The second-order valence-electron chi connectivity index (χ2n) is 2.91. The Hall–Kier alpha value is -1.34. The van der Waals surface area contributed by atoms with Crippen molar-refractivity contribution < 1.29 is 9.63 Å². The van der Waals surface area contributed by atoms with E-state index in [2.05, 4.69) is 6.07 Å². The first-order chi connectivity index (χ1) is 6.20. The second kappa shape index (κ2) is 4.06. The molecule has 1 amide bonds. The molecule has 4 nitrogen and oxygen atoms in total. The van der Waals surface area contributed by atoms with Crippen LogP contribution in [0.4, 0.5) is 0 Å². The van der Waals surface area contributed by atoms with Gasteiger partial charge >= 0.3 is 0 Å². The third-order valence-electron chi connectivity index (χ3n) is 2.17. The van der Waals surface area contributed by atoms with E-state index in [1.165, 1.54) is 7.11 Å². The van der Waals surface area contributed by atoms with Gasteiger partial charge in [0.25, 0.3) is 5.91 Å². The Morgan fingerprint density at radius 2 is 2.31 bits per heavy atom. The number of hydrogen-bond donors (Lipinski definition) is 0. The van der Waals surface area contributed by atoms with Crippen LogP contribution in [0.15, 0.2) is 11.1 Å². The van der Waals surface area contributed by atoms with Gasteiger partial charge in [0.2, 0.25) is 0 Å². The fourth-order valence-electron chi connectivity index (χ4n) is 1.38. The van der Waals surface area contributed by atoms with Crippen molar-refractivity contribution in [2.45, 2.75) is 19.3 Å². The van der Waals surface area contributed by atoms with Crippen molar-refractivity contribution in [3.05, 3.63) is 11.1 Å². The van der Waals surface area contributed by atoms with Crippen molar-refractivity contribution in [3.63, 3.8) is 0 Å². The third-order valence-corrected chi connectivity index (χ3v) is 2.17. The number of allylic oxidation sites excluding steroid dienone is 1. The molecule has 0 aliphatic heterocycles. The Bertz CT molecular complexity index is 288. The lowest BCUT2D eigenvalue weighted by atomic mass is 10.1. The molecule has 0 radical (unpaired) electrons. The number of hydroxylamine groups is 2. The van der Waals surface area contributed by atoms with E-state index >= 15 is 0 Å². The second-order valence-corrected chi connectivity index (χ2v) is 2.91. The molecule has 1 aliphatic rings. The number of carbonyl (C=O) groups excluding carboxylic acids is 1. The van der Waals surface area contributed by atoms with Gasteiger partial charge in [0.1, 0.15) is 0 Å². The fourth-order valence-corrected chi connectivity index (χ4v) is 1.38. The molecule has 70 valence electrons. The number of hydrogen-bond acceptors (Lipinski definition) is 3. The minimum absolute atomic E-state index is 0.198. The summed E-state index contributed by atoms with van der Waals surface area (Å²) in [7, 11) is 2.97. The van der Waals surface area contributed by atoms with Crippen LogP contribution in [0.3, 0.4) is 0 Å². The van der Waals surface area contributed by atoms with Crippen molar-refractivity contribution in [3.8, 4) is 6.07 Å². The van der Waals surface area contributed by atoms with Crippen molar-refractivity contribution in [1.29, 1.82) is 5.26 Å². The van der Waals surface area contributed by atoms with E-state index in [0.29, 0.717) is 17.6 Å². The summed E-state index contributed by atoms with van der Waals surface area (Å²) in [5.41, 5.74) is 1.21. The molecular formula is C9H12N2O2. The summed E-state index contributed by atoms with van der Waals surface area (Å²) in [6, 6.07) is 2.05. The molecule has 0 saturated heterocycles. The molecule has 1 rings (SSSR count). The summed E-state index contributed by atoms with van der Waals surface area (Å²) in [6.45, 7) is 0. The summed E-state index contributed by atoms with van der Waals surface area (Å²) in [6.07, 6.45) is 2.30. The van der Waals surface area contributed by atoms with Gasteiger partial charge in [-0.2, -0.15) is 5.26 Å². The zero-order valence-corrected chi connectivity index (χ0v) is 7.83. The van der Waals surface area contributed by atoms with Crippen LogP contribution in [0.1, 0.15) is 19.3 Å². The van der Waals surface area contributed by atoms with Crippen LogP contribution in [-0.4, -0.2) is 25.1 Å². The first-order valence-corrected chi connectivity index (χ1v) is 4.15. The summed E-state index contributed by atoms with van der Waals surface area (Å²) in [5.74, 6) is -0.198. The van der Waals surface area contributed by atoms with Crippen LogP contribution in [0, 0.1) is 11.3 Å². The van der Waals surface area contributed by atoms with Crippen molar-refractivity contribution in [2.75, 3.05) is 14.2 Å². The van der Waals surface area contributed by atoms with Gasteiger partial charge in [-0.1, -0.05) is 0 Å². The van der Waals surface area contributed by atoms with E-state index in [0.717, 1.165) is 17.9 Å². The van der Waals surface area contributed by atoms with Crippen molar-refractivity contribution in [1.82, 2.24) is 5.06 Å². The predicted molar refractivity (Wildman–Crippen MR) is 46.3 cm³/mol. The molecule has 0 fully saturated rings. The highest BCUT2D eigenvalue weighted by Gasteiger charge is 2.23. The highest BCUT2D eigenvalue weighted by atomic mass is 16.7. The SMILES string of the molecule is CON(C)C(=O)C1=C(C#N)CCC1.